The van der Waals surface area contributed by atoms with E-state index in [-0.39, 0.29) is 5.91 Å². The largest absolute Gasteiger partial charge is 0.340 e. The van der Waals surface area contributed by atoms with Crippen molar-refractivity contribution in [3.05, 3.63) is 95.9 Å². The minimum absolute atomic E-state index is 0.166. The van der Waals surface area contributed by atoms with Crippen LogP contribution in [-0.4, -0.2) is 45.9 Å². The van der Waals surface area contributed by atoms with Crippen LogP contribution >= 0.6 is 0 Å². The van der Waals surface area contributed by atoms with E-state index in [0.29, 0.717) is 23.2 Å². The van der Waals surface area contributed by atoms with Gasteiger partial charge in [0.15, 0.2) is 5.82 Å². The Kier molecular flexibility index (Phi) is 7.48. The van der Waals surface area contributed by atoms with E-state index in [4.69, 9.17) is 0 Å². The van der Waals surface area contributed by atoms with Crippen LogP contribution in [0.2, 0.25) is 0 Å². The number of carbonyl (C=O) groups is 1. The number of likely N-dealkylation sites (N-methyl/N-ethyl adjacent to an activating group) is 1. The third kappa shape index (κ3) is 6.28. The van der Waals surface area contributed by atoms with E-state index in [0.717, 1.165) is 28.9 Å². The first kappa shape index (κ1) is 24.0. The highest BCUT2D eigenvalue weighted by Gasteiger charge is 2.11. The van der Waals surface area contributed by atoms with Gasteiger partial charge in [-0.05, 0) is 88.0 Å². The van der Waals surface area contributed by atoms with Gasteiger partial charge in [0.05, 0.1) is 0 Å². The van der Waals surface area contributed by atoms with Gasteiger partial charge in [-0.2, -0.15) is 0 Å². The highest BCUT2D eigenvalue weighted by molar-refractivity contribution is 6.05. The second kappa shape index (κ2) is 10.9. The molecule has 178 valence electrons. The highest BCUT2D eigenvalue weighted by atomic mass is 16.1. The van der Waals surface area contributed by atoms with Crippen LogP contribution in [0.25, 0.3) is 11.4 Å². The van der Waals surface area contributed by atoms with Crippen LogP contribution in [-0.2, 0) is 6.42 Å². The third-order valence-electron chi connectivity index (χ3n) is 5.96. The Balaban J connectivity index is 1.46. The number of pyridine rings is 1. The van der Waals surface area contributed by atoms with Crippen LogP contribution in [0.3, 0.4) is 0 Å². The molecule has 0 radical (unpaired) electrons. The molecule has 1 atom stereocenters. The lowest BCUT2D eigenvalue weighted by atomic mass is 10.1. The number of nitrogens with zero attached hydrogens (tertiary/aromatic N) is 4. The van der Waals surface area contributed by atoms with Crippen LogP contribution in [0.1, 0.15) is 28.4 Å². The van der Waals surface area contributed by atoms with Crippen molar-refractivity contribution in [1.82, 2.24) is 19.9 Å². The molecule has 0 aliphatic carbocycles. The fourth-order valence-electron chi connectivity index (χ4n) is 3.55. The summed E-state index contributed by atoms with van der Waals surface area (Å²) in [6.45, 7) is 4.18. The Labute approximate surface area is 206 Å². The smallest absolute Gasteiger partial charge is 0.255 e. The molecule has 0 bridgehead atoms. The Morgan fingerprint density at radius 3 is 2.54 bits per heavy atom. The normalized spacial score (nSPS) is 11.8. The Morgan fingerprint density at radius 2 is 1.83 bits per heavy atom. The summed E-state index contributed by atoms with van der Waals surface area (Å²) in [6.07, 6.45) is 6.10. The van der Waals surface area contributed by atoms with Crippen molar-refractivity contribution in [2.75, 3.05) is 24.7 Å². The van der Waals surface area contributed by atoms with E-state index in [2.05, 4.69) is 63.6 Å². The average molecular weight is 467 g/mol. The standard InChI is InChI=1S/C28H30N6O/c1-19-7-10-22(28(35)31-24-11-8-21(9-12-24)16-20(2)34(3)4)17-25(19)32-26-13-15-30-27(33-26)23-6-5-14-29-18-23/h5-15,17-18,20H,16H2,1-4H3,(H,31,35)(H,30,32,33). The van der Waals surface area contributed by atoms with E-state index in [9.17, 15) is 4.79 Å². The summed E-state index contributed by atoms with van der Waals surface area (Å²) in [7, 11) is 4.16. The minimum atomic E-state index is -0.166. The fourth-order valence-corrected chi connectivity index (χ4v) is 3.55. The zero-order chi connectivity index (χ0) is 24.8. The molecule has 0 aliphatic heterocycles. The zero-order valence-electron chi connectivity index (χ0n) is 20.5. The molecule has 0 fully saturated rings. The molecule has 4 rings (SSSR count). The lowest BCUT2D eigenvalue weighted by molar-refractivity contribution is 0.102. The molecule has 7 heteroatoms. The summed E-state index contributed by atoms with van der Waals surface area (Å²) in [4.78, 5) is 28.2. The Morgan fingerprint density at radius 1 is 1.03 bits per heavy atom. The summed E-state index contributed by atoms with van der Waals surface area (Å²) < 4.78 is 0. The molecular weight excluding hydrogens is 436 g/mol. The van der Waals surface area contributed by atoms with E-state index >= 15 is 0 Å². The molecule has 0 spiro atoms. The van der Waals surface area contributed by atoms with Crippen LogP contribution in [0.4, 0.5) is 17.2 Å². The number of aromatic nitrogens is 3. The van der Waals surface area contributed by atoms with Crippen molar-refractivity contribution >= 4 is 23.1 Å². The van der Waals surface area contributed by atoms with Gasteiger partial charge in [0.25, 0.3) is 5.91 Å². The number of hydrogen-bond donors (Lipinski definition) is 2. The van der Waals surface area contributed by atoms with Gasteiger partial charge in [0.2, 0.25) is 0 Å². The molecule has 2 N–H and O–H groups in total. The number of carbonyl (C=O) groups excluding carboxylic acids is 1. The summed E-state index contributed by atoms with van der Waals surface area (Å²) >= 11 is 0. The predicted octanol–water partition coefficient (Wildman–Crippen LogP) is 5.34. The van der Waals surface area contributed by atoms with Gasteiger partial charge >= 0.3 is 0 Å². The maximum absolute atomic E-state index is 12.9. The fraction of sp³-hybridized carbons (Fsp3) is 0.214. The van der Waals surface area contributed by atoms with Gasteiger partial charge in [-0.1, -0.05) is 18.2 Å². The first-order valence-electron chi connectivity index (χ1n) is 11.6. The number of aryl methyl sites for hydroxylation is 1. The van der Waals surface area contributed by atoms with Crippen molar-refractivity contribution < 1.29 is 4.79 Å². The molecule has 0 aliphatic rings. The summed E-state index contributed by atoms with van der Waals surface area (Å²) in [5.74, 6) is 1.06. The van der Waals surface area contributed by atoms with Gasteiger partial charge in [-0.25, -0.2) is 9.97 Å². The maximum atomic E-state index is 12.9. The summed E-state index contributed by atoms with van der Waals surface area (Å²) in [5.41, 5.74) is 5.21. The number of anilines is 3. The molecule has 7 nitrogen and oxygen atoms in total. The lowest BCUT2D eigenvalue weighted by Crippen LogP contribution is -2.26. The van der Waals surface area contributed by atoms with Crippen molar-refractivity contribution in [3.8, 4) is 11.4 Å². The van der Waals surface area contributed by atoms with E-state index in [1.807, 2.05) is 49.4 Å². The molecule has 2 aromatic heterocycles. The molecule has 2 heterocycles. The molecule has 0 saturated carbocycles. The van der Waals surface area contributed by atoms with E-state index in [1.165, 1.54) is 5.56 Å². The maximum Gasteiger partial charge on any atom is 0.255 e. The topological polar surface area (TPSA) is 83.0 Å². The monoisotopic (exact) mass is 466 g/mol. The van der Waals surface area contributed by atoms with Crippen molar-refractivity contribution in [2.24, 2.45) is 0 Å². The Hall–Kier alpha value is -4.10. The SMILES string of the molecule is Cc1ccc(C(=O)Nc2ccc(CC(C)N(C)C)cc2)cc1Nc1ccnc(-c2cccnc2)n1. The molecule has 35 heavy (non-hydrogen) atoms. The van der Waals surface area contributed by atoms with Crippen LogP contribution in [0, 0.1) is 6.92 Å². The van der Waals surface area contributed by atoms with Gasteiger partial charge in [-0.3, -0.25) is 9.78 Å². The van der Waals surface area contributed by atoms with Crippen LogP contribution in [0.5, 0.6) is 0 Å². The van der Waals surface area contributed by atoms with Gasteiger partial charge in [0, 0.05) is 47.1 Å². The number of nitrogens with one attached hydrogen (secondary N) is 2. The number of hydrogen-bond acceptors (Lipinski definition) is 6. The lowest BCUT2D eigenvalue weighted by Gasteiger charge is -2.19. The van der Waals surface area contributed by atoms with Crippen molar-refractivity contribution in [2.45, 2.75) is 26.3 Å². The summed E-state index contributed by atoms with van der Waals surface area (Å²) in [5, 5.41) is 6.31. The molecule has 2 aromatic carbocycles. The van der Waals surface area contributed by atoms with Crippen LogP contribution in [0.15, 0.2) is 79.3 Å². The molecule has 1 amide bonds. The number of rotatable bonds is 8. The van der Waals surface area contributed by atoms with E-state index in [1.54, 1.807) is 24.7 Å². The average Bonchev–Trinajstić information content (AvgIpc) is 2.87. The molecular formula is C28H30N6O. The van der Waals surface area contributed by atoms with Gasteiger partial charge < -0.3 is 15.5 Å². The minimum Gasteiger partial charge on any atom is -0.340 e. The van der Waals surface area contributed by atoms with Crippen LogP contribution < -0.4 is 10.6 Å². The molecule has 0 saturated heterocycles. The van der Waals surface area contributed by atoms with Gasteiger partial charge in [-0.15, -0.1) is 0 Å². The number of amides is 1. The van der Waals surface area contributed by atoms with Crippen molar-refractivity contribution in [1.29, 1.82) is 0 Å². The Bertz CT molecular complexity index is 1290. The first-order chi connectivity index (χ1) is 16.9. The highest BCUT2D eigenvalue weighted by Crippen LogP contribution is 2.23. The van der Waals surface area contributed by atoms with Gasteiger partial charge in [0.1, 0.15) is 5.82 Å². The molecule has 4 aromatic rings. The molecule has 1 unspecified atom stereocenters. The first-order valence-corrected chi connectivity index (χ1v) is 11.6. The second-order valence-corrected chi connectivity index (χ2v) is 8.83. The van der Waals surface area contributed by atoms with E-state index < -0.39 is 0 Å². The quantitative estimate of drug-likeness (QED) is 0.365. The second-order valence-electron chi connectivity index (χ2n) is 8.83. The zero-order valence-corrected chi connectivity index (χ0v) is 20.5. The summed E-state index contributed by atoms with van der Waals surface area (Å²) in [6, 6.07) is 19.6. The third-order valence-corrected chi connectivity index (χ3v) is 5.96. The number of benzene rings is 2. The predicted molar refractivity (Wildman–Crippen MR) is 141 cm³/mol. The van der Waals surface area contributed by atoms with Crippen molar-refractivity contribution in [3.63, 3.8) is 0 Å².